The standard InChI is InChI=1S/C18H22BrNO5S/c1-23-15-8-6-13(11-17(15)25-3)5-4-10-20-26(21,22)18-12-14(19)7-9-16(18)24-2/h6-9,11-12,20H,4-5,10H2,1-3H3. The molecule has 8 heteroatoms. The van der Waals surface area contributed by atoms with E-state index in [0.717, 1.165) is 5.56 Å². The Morgan fingerprint density at radius 1 is 0.923 bits per heavy atom. The molecule has 0 saturated carbocycles. The molecule has 0 aliphatic carbocycles. The molecule has 0 bridgehead atoms. The largest absolute Gasteiger partial charge is 0.495 e. The van der Waals surface area contributed by atoms with E-state index in [1.807, 2.05) is 18.2 Å². The average molecular weight is 444 g/mol. The van der Waals surface area contributed by atoms with E-state index in [2.05, 4.69) is 20.7 Å². The molecular formula is C18H22BrNO5S. The molecule has 0 unspecified atom stereocenters. The van der Waals surface area contributed by atoms with Crippen LogP contribution in [-0.2, 0) is 16.4 Å². The van der Waals surface area contributed by atoms with Gasteiger partial charge < -0.3 is 14.2 Å². The van der Waals surface area contributed by atoms with Crippen LogP contribution >= 0.6 is 15.9 Å². The molecule has 0 aliphatic rings. The first-order chi connectivity index (χ1) is 12.4. The molecule has 0 aromatic heterocycles. The molecular weight excluding hydrogens is 422 g/mol. The number of halogens is 1. The molecule has 0 aliphatic heterocycles. The maximum Gasteiger partial charge on any atom is 0.244 e. The number of ether oxygens (including phenoxy) is 3. The summed E-state index contributed by atoms with van der Waals surface area (Å²) < 4.78 is 43.9. The number of methoxy groups -OCH3 is 3. The van der Waals surface area contributed by atoms with Crippen LogP contribution in [0.1, 0.15) is 12.0 Å². The number of rotatable bonds is 9. The quantitative estimate of drug-likeness (QED) is 0.601. The van der Waals surface area contributed by atoms with Crippen LogP contribution < -0.4 is 18.9 Å². The Bertz CT molecular complexity index is 855. The average Bonchev–Trinajstić information content (AvgIpc) is 2.65. The van der Waals surface area contributed by atoms with Crippen molar-refractivity contribution in [2.75, 3.05) is 27.9 Å². The first-order valence-electron chi connectivity index (χ1n) is 7.95. The van der Waals surface area contributed by atoms with E-state index in [0.29, 0.717) is 41.1 Å². The molecule has 2 aromatic carbocycles. The van der Waals surface area contributed by atoms with E-state index in [1.54, 1.807) is 26.4 Å². The third-order valence-corrected chi connectivity index (χ3v) is 5.77. The van der Waals surface area contributed by atoms with Crippen LogP contribution in [-0.4, -0.2) is 36.3 Å². The highest BCUT2D eigenvalue weighted by Gasteiger charge is 2.19. The van der Waals surface area contributed by atoms with E-state index in [1.165, 1.54) is 13.2 Å². The number of nitrogens with one attached hydrogen (secondary N) is 1. The number of hydrogen-bond donors (Lipinski definition) is 1. The monoisotopic (exact) mass is 443 g/mol. The molecule has 0 atom stereocenters. The van der Waals surface area contributed by atoms with Crippen molar-refractivity contribution in [1.82, 2.24) is 4.72 Å². The van der Waals surface area contributed by atoms with Gasteiger partial charge >= 0.3 is 0 Å². The Morgan fingerprint density at radius 2 is 1.58 bits per heavy atom. The highest BCUT2D eigenvalue weighted by molar-refractivity contribution is 9.10. The second-order valence-electron chi connectivity index (χ2n) is 5.49. The Morgan fingerprint density at radius 3 is 2.23 bits per heavy atom. The first-order valence-corrected chi connectivity index (χ1v) is 10.2. The van der Waals surface area contributed by atoms with Crippen LogP contribution in [0.5, 0.6) is 17.2 Å². The molecule has 0 spiro atoms. The maximum absolute atomic E-state index is 12.5. The highest BCUT2D eigenvalue weighted by Crippen LogP contribution is 2.28. The van der Waals surface area contributed by atoms with Crippen LogP contribution in [0.4, 0.5) is 0 Å². The lowest BCUT2D eigenvalue weighted by Crippen LogP contribution is -2.25. The molecule has 2 aromatic rings. The molecule has 1 N–H and O–H groups in total. The first kappa shape index (κ1) is 20.5. The fraction of sp³-hybridized carbons (Fsp3) is 0.333. The zero-order valence-electron chi connectivity index (χ0n) is 14.9. The van der Waals surface area contributed by atoms with Crippen molar-refractivity contribution in [3.63, 3.8) is 0 Å². The van der Waals surface area contributed by atoms with E-state index >= 15 is 0 Å². The summed E-state index contributed by atoms with van der Waals surface area (Å²) in [5.41, 5.74) is 1.04. The number of hydrogen-bond acceptors (Lipinski definition) is 5. The van der Waals surface area contributed by atoms with Gasteiger partial charge in [-0.3, -0.25) is 0 Å². The van der Waals surface area contributed by atoms with Gasteiger partial charge in [0.2, 0.25) is 10.0 Å². The third-order valence-electron chi connectivity index (χ3n) is 3.80. The smallest absolute Gasteiger partial charge is 0.244 e. The predicted octanol–water partition coefficient (Wildman–Crippen LogP) is 3.39. The van der Waals surface area contributed by atoms with Gasteiger partial charge in [0.15, 0.2) is 11.5 Å². The molecule has 0 fully saturated rings. The summed E-state index contributed by atoms with van der Waals surface area (Å²) in [5.74, 6) is 1.63. The summed E-state index contributed by atoms with van der Waals surface area (Å²) in [6, 6.07) is 10.5. The Balaban J connectivity index is 1.98. The lowest BCUT2D eigenvalue weighted by molar-refractivity contribution is 0.354. The molecule has 142 valence electrons. The number of benzene rings is 2. The fourth-order valence-corrected chi connectivity index (χ4v) is 4.25. The van der Waals surface area contributed by atoms with Crippen molar-refractivity contribution in [3.05, 3.63) is 46.4 Å². The molecule has 6 nitrogen and oxygen atoms in total. The van der Waals surface area contributed by atoms with Crippen molar-refractivity contribution >= 4 is 26.0 Å². The van der Waals surface area contributed by atoms with Crippen molar-refractivity contribution < 1.29 is 22.6 Å². The second kappa shape index (κ2) is 9.25. The third kappa shape index (κ3) is 5.12. The Kier molecular flexibility index (Phi) is 7.31. The molecule has 0 saturated heterocycles. The fourth-order valence-electron chi connectivity index (χ4n) is 2.47. The molecule has 0 radical (unpaired) electrons. The number of sulfonamides is 1. The predicted molar refractivity (Wildman–Crippen MR) is 104 cm³/mol. The van der Waals surface area contributed by atoms with Gasteiger partial charge in [0, 0.05) is 11.0 Å². The summed E-state index contributed by atoms with van der Waals surface area (Å²) in [7, 11) is 0.961. The van der Waals surface area contributed by atoms with Gasteiger partial charge in [-0.1, -0.05) is 22.0 Å². The van der Waals surface area contributed by atoms with E-state index < -0.39 is 10.0 Å². The normalized spacial score (nSPS) is 11.2. The summed E-state index contributed by atoms with van der Waals surface area (Å²) in [4.78, 5) is 0.112. The van der Waals surface area contributed by atoms with Crippen molar-refractivity contribution in [2.24, 2.45) is 0 Å². The lowest BCUT2D eigenvalue weighted by atomic mass is 10.1. The van der Waals surface area contributed by atoms with E-state index in [4.69, 9.17) is 14.2 Å². The van der Waals surface area contributed by atoms with Crippen LogP contribution in [0.15, 0.2) is 45.8 Å². The van der Waals surface area contributed by atoms with Crippen molar-refractivity contribution in [3.8, 4) is 17.2 Å². The zero-order chi connectivity index (χ0) is 19.2. The minimum absolute atomic E-state index is 0.112. The minimum atomic E-state index is -3.65. The summed E-state index contributed by atoms with van der Waals surface area (Å²) in [6.45, 7) is 0.312. The molecule has 0 heterocycles. The van der Waals surface area contributed by atoms with Gasteiger partial charge in [-0.05, 0) is 48.7 Å². The van der Waals surface area contributed by atoms with Gasteiger partial charge in [-0.15, -0.1) is 0 Å². The summed E-state index contributed by atoms with van der Waals surface area (Å²) in [5, 5.41) is 0. The Labute approximate surface area is 162 Å². The van der Waals surface area contributed by atoms with Crippen LogP contribution in [0.25, 0.3) is 0 Å². The maximum atomic E-state index is 12.5. The SMILES string of the molecule is COc1ccc(CCCNS(=O)(=O)c2cc(Br)ccc2OC)cc1OC. The number of aryl methyl sites for hydroxylation is 1. The van der Waals surface area contributed by atoms with Crippen LogP contribution in [0.2, 0.25) is 0 Å². The summed E-state index contributed by atoms with van der Waals surface area (Å²) >= 11 is 3.29. The van der Waals surface area contributed by atoms with Gasteiger partial charge in [-0.2, -0.15) is 0 Å². The highest BCUT2D eigenvalue weighted by atomic mass is 79.9. The van der Waals surface area contributed by atoms with Gasteiger partial charge in [0.05, 0.1) is 21.3 Å². The van der Waals surface area contributed by atoms with E-state index in [9.17, 15) is 8.42 Å². The minimum Gasteiger partial charge on any atom is -0.495 e. The van der Waals surface area contributed by atoms with Crippen molar-refractivity contribution in [1.29, 1.82) is 0 Å². The molecule has 26 heavy (non-hydrogen) atoms. The topological polar surface area (TPSA) is 73.9 Å². The van der Waals surface area contributed by atoms with Crippen molar-refractivity contribution in [2.45, 2.75) is 17.7 Å². The van der Waals surface area contributed by atoms with Crippen LogP contribution in [0.3, 0.4) is 0 Å². The zero-order valence-corrected chi connectivity index (χ0v) is 17.3. The van der Waals surface area contributed by atoms with Gasteiger partial charge in [0.25, 0.3) is 0 Å². The molecule has 2 rings (SSSR count). The van der Waals surface area contributed by atoms with Gasteiger partial charge in [-0.25, -0.2) is 13.1 Å². The lowest BCUT2D eigenvalue weighted by Gasteiger charge is -2.12. The Hall–Kier alpha value is -1.77. The van der Waals surface area contributed by atoms with Crippen LogP contribution in [0, 0.1) is 0 Å². The second-order valence-corrected chi connectivity index (χ2v) is 8.14. The summed E-state index contributed by atoms with van der Waals surface area (Å²) in [6.07, 6.45) is 1.35. The van der Waals surface area contributed by atoms with Gasteiger partial charge in [0.1, 0.15) is 10.6 Å². The molecule has 0 amide bonds. The van der Waals surface area contributed by atoms with E-state index in [-0.39, 0.29) is 4.90 Å².